The van der Waals surface area contributed by atoms with Gasteiger partial charge in [0.25, 0.3) is 0 Å². The summed E-state index contributed by atoms with van der Waals surface area (Å²) in [6.45, 7) is 2.89. The van der Waals surface area contributed by atoms with E-state index in [0.29, 0.717) is 52.8 Å². The first-order valence-corrected chi connectivity index (χ1v) is 11.5. The summed E-state index contributed by atoms with van der Waals surface area (Å²) >= 11 is 1.49. The van der Waals surface area contributed by atoms with E-state index in [0.717, 1.165) is 6.42 Å². The zero-order chi connectivity index (χ0) is 23.1. The number of aromatic nitrogens is 1. The van der Waals surface area contributed by atoms with Gasteiger partial charge in [-0.25, -0.2) is 4.39 Å². The van der Waals surface area contributed by atoms with Gasteiger partial charge >= 0.3 is 5.97 Å². The first kappa shape index (κ1) is 23.7. The van der Waals surface area contributed by atoms with E-state index in [1.165, 1.54) is 17.8 Å². The SMILES string of the molecule is CCCOc1ccc(F)c2c(=O)c(-c3ccc(OC)cc3)cn(CCSCCC(=O)O)c12. The van der Waals surface area contributed by atoms with Crippen molar-refractivity contribution in [2.45, 2.75) is 26.3 Å². The Kier molecular flexibility index (Phi) is 8.16. The van der Waals surface area contributed by atoms with Gasteiger partial charge in [-0.2, -0.15) is 11.8 Å². The van der Waals surface area contributed by atoms with Crippen LogP contribution in [0.3, 0.4) is 0 Å². The quantitative estimate of drug-likeness (QED) is 0.415. The second-order valence-corrected chi connectivity index (χ2v) is 8.39. The first-order valence-electron chi connectivity index (χ1n) is 10.4. The Morgan fingerprint density at radius 3 is 2.56 bits per heavy atom. The number of carboxylic acid groups (broad SMARTS) is 1. The molecule has 0 unspecified atom stereocenters. The van der Waals surface area contributed by atoms with E-state index < -0.39 is 17.2 Å². The molecule has 6 nitrogen and oxygen atoms in total. The van der Waals surface area contributed by atoms with Gasteiger partial charge < -0.3 is 19.1 Å². The van der Waals surface area contributed by atoms with Gasteiger partial charge in [0.15, 0.2) is 5.43 Å². The average molecular weight is 460 g/mol. The van der Waals surface area contributed by atoms with Crippen LogP contribution in [0.15, 0.2) is 47.4 Å². The lowest BCUT2D eigenvalue weighted by molar-refractivity contribution is -0.136. The number of carboxylic acids is 1. The molecule has 0 radical (unpaired) electrons. The summed E-state index contributed by atoms with van der Waals surface area (Å²) in [7, 11) is 1.56. The molecule has 0 saturated heterocycles. The molecule has 1 aromatic heterocycles. The fourth-order valence-electron chi connectivity index (χ4n) is 3.37. The number of pyridine rings is 1. The summed E-state index contributed by atoms with van der Waals surface area (Å²) in [4.78, 5) is 24.1. The second-order valence-electron chi connectivity index (χ2n) is 7.17. The molecular weight excluding hydrogens is 433 g/mol. The van der Waals surface area contributed by atoms with Gasteiger partial charge in [-0.15, -0.1) is 0 Å². The molecule has 0 saturated carbocycles. The lowest BCUT2D eigenvalue weighted by atomic mass is 10.0. The summed E-state index contributed by atoms with van der Waals surface area (Å²) in [5.74, 6) is 0.758. The maximum atomic E-state index is 14.9. The predicted octanol–water partition coefficient (Wildman–Crippen LogP) is 4.81. The van der Waals surface area contributed by atoms with Crippen molar-refractivity contribution in [1.29, 1.82) is 0 Å². The maximum absolute atomic E-state index is 14.9. The number of hydrogen-bond donors (Lipinski definition) is 1. The van der Waals surface area contributed by atoms with Crippen molar-refractivity contribution < 1.29 is 23.8 Å². The van der Waals surface area contributed by atoms with Crippen LogP contribution in [0.4, 0.5) is 4.39 Å². The zero-order valence-electron chi connectivity index (χ0n) is 18.1. The second kappa shape index (κ2) is 11.0. The number of fused-ring (bicyclic) bond motifs is 1. The third-order valence-electron chi connectivity index (χ3n) is 4.93. The van der Waals surface area contributed by atoms with Crippen LogP contribution >= 0.6 is 11.8 Å². The standard InChI is InChI=1S/C24H26FNO5S/c1-3-12-31-20-9-8-19(25)22-23(20)26(11-14-32-13-10-21(27)28)15-18(24(22)29)16-4-6-17(30-2)7-5-16/h4-9,15H,3,10-14H2,1-2H3,(H,27,28). The topological polar surface area (TPSA) is 77.8 Å². The van der Waals surface area contributed by atoms with Gasteiger partial charge in [-0.3, -0.25) is 9.59 Å². The molecule has 0 bridgehead atoms. The number of benzene rings is 2. The Morgan fingerprint density at radius 1 is 1.16 bits per heavy atom. The molecule has 3 aromatic rings. The minimum Gasteiger partial charge on any atom is -0.497 e. The number of ether oxygens (including phenoxy) is 2. The molecule has 0 spiro atoms. The summed E-state index contributed by atoms with van der Waals surface area (Å²) in [6, 6.07) is 9.85. The van der Waals surface area contributed by atoms with E-state index in [4.69, 9.17) is 14.6 Å². The smallest absolute Gasteiger partial charge is 0.304 e. The molecule has 170 valence electrons. The molecule has 0 atom stereocenters. The van der Waals surface area contributed by atoms with Gasteiger partial charge in [0.2, 0.25) is 0 Å². The molecule has 0 fully saturated rings. The summed E-state index contributed by atoms with van der Waals surface area (Å²) < 4.78 is 27.8. The molecule has 3 rings (SSSR count). The van der Waals surface area contributed by atoms with E-state index in [2.05, 4.69) is 0 Å². The number of thioether (sulfide) groups is 1. The Bertz CT molecular complexity index is 1140. The third-order valence-corrected chi connectivity index (χ3v) is 5.90. The minimum absolute atomic E-state index is 0.0116. The predicted molar refractivity (Wildman–Crippen MR) is 126 cm³/mol. The lowest BCUT2D eigenvalue weighted by Crippen LogP contribution is -2.16. The first-order chi connectivity index (χ1) is 15.5. The van der Waals surface area contributed by atoms with Crippen LogP contribution in [0.2, 0.25) is 0 Å². The van der Waals surface area contributed by atoms with Crippen molar-refractivity contribution in [3.63, 3.8) is 0 Å². The molecular formula is C24H26FNO5S. The number of aliphatic carboxylic acids is 1. The van der Waals surface area contributed by atoms with Gasteiger partial charge in [0.1, 0.15) is 17.3 Å². The highest BCUT2D eigenvalue weighted by Crippen LogP contribution is 2.30. The van der Waals surface area contributed by atoms with Gasteiger partial charge in [0, 0.05) is 29.8 Å². The highest BCUT2D eigenvalue weighted by molar-refractivity contribution is 7.99. The number of halogens is 1. The Labute approximate surface area is 190 Å². The molecule has 0 aliphatic carbocycles. The van der Waals surface area contributed by atoms with E-state index >= 15 is 0 Å². The Balaban J connectivity index is 2.10. The van der Waals surface area contributed by atoms with E-state index in [-0.39, 0.29) is 11.8 Å². The summed E-state index contributed by atoms with van der Waals surface area (Å²) in [5, 5.41) is 8.82. The van der Waals surface area contributed by atoms with Crippen molar-refractivity contribution in [2.24, 2.45) is 0 Å². The van der Waals surface area contributed by atoms with Crippen molar-refractivity contribution in [3.8, 4) is 22.6 Å². The lowest BCUT2D eigenvalue weighted by Gasteiger charge is -2.17. The number of nitrogens with zero attached hydrogens (tertiary/aromatic N) is 1. The number of aryl methyl sites for hydroxylation is 1. The van der Waals surface area contributed by atoms with Crippen LogP contribution in [0.25, 0.3) is 22.0 Å². The molecule has 32 heavy (non-hydrogen) atoms. The largest absolute Gasteiger partial charge is 0.497 e. The molecule has 0 aliphatic rings. The Morgan fingerprint density at radius 2 is 1.91 bits per heavy atom. The maximum Gasteiger partial charge on any atom is 0.304 e. The number of carbonyl (C=O) groups is 1. The fraction of sp³-hybridized carbons (Fsp3) is 0.333. The van der Waals surface area contributed by atoms with Crippen LogP contribution in [0.1, 0.15) is 19.8 Å². The summed E-state index contributed by atoms with van der Waals surface area (Å²) in [6.07, 6.45) is 2.58. The number of hydrogen-bond acceptors (Lipinski definition) is 5. The van der Waals surface area contributed by atoms with Crippen molar-refractivity contribution in [3.05, 3.63) is 58.6 Å². The monoisotopic (exact) mass is 459 g/mol. The molecule has 8 heteroatoms. The van der Waals surface area contributed by atoms with Gasteiger partial charge in [-0.1, -0.05) is 19.1 Å². The van der Waals surface area contributed by atoms with Crippen LogP contribution in [0.5, 0.6) is 11.5 Å². The van der Waals surface area contributed by atoms with Gasteiger partial charge in [-0.05, 0) is 36.2 Å². The Hall–Kier alpha value is -3.00. The van der Waals surface area contributed by atoms with Crippen LogP contribution < -0.4 is 14.9 Å². The van der Waals surface area contributed by atoms with Crippen LogP contribution in [0, 0.1) is 5.82 Å². The van der Waals surface area contributed by atoms with Gasteiger partial charge in [0.05, 0.1) is 31.0 Å². The highest BCUT2D eigenvalue weighted by Gasteiger charge is 2.18. The fourth-order valence-corrected chi connectivity index (χ4v) is 4.22. The van der Waals surface area contributed by atoms with Crippen LogP contribution in [-0.2, 0) is 11.3 Å². The van der Waals surface area contributed by atoms with Crippen LogP contribution in [-0.4, -0.2) is 40.9 Å². The van der Waals surface area contributed by atoms with E-state index in [1.54, 1.807) is 43.6 Å². The van der Waals surface area contributed by atoms with E-state index in [9.17, 15) is 14.0 Å². The molecule has 2 aromatic carbocycles. The molecule has 1 heterocycles. The van der Waals surface area contributed by atoms with Crippen molar-refractivity contribution in [1.82, 2.24) is 4.57 Å². The minimum atomic E-state index is -0.842. The molecule has 0 amide bonds. The zero-order valence-corrected chi connectivity index (χ0v) is 18.9. The normalized spacial score (nSPS) is 11.0. The number of methoxy groups -OCH3 is 1. The highest BCUT2D eigenvalue weighted by atomic mass is 32.2. The third kappa shape index (κ3) is 5.43. The molecule has 1 N–H and O–H groups in total. The molecule has 0 aliphatic heterocycles. The average Bonchev–Trinajstić information content (AvgIpc) is 2.79. The van der Waals surface area contributed by atoms with E-state index in [1.807, 2.05) is 11.5 Å². The van der Waals surface area contributed by atoms with Crippen molar-refractivity contribution in [2.75, 3.05) is 25.2 Å². The number of rotatable bonds is 11. The van der Waals surface area contributed by atoms with Crippen molar-refractivity contribution >= 4 is 28.6 Å². The summed E-state index contributed by atoms with van der Waals surface area (Å²) in [5.41, 5.74) is 1.05.